The molecular formula is C17H28N6. The summed E-state index contributed by atoms with van der Waals surface area (Å²) in [6.45, 7) is 13.1. The van der Waals surface area contributed by atoms with Gasteiger partial charge in [0.1, 0.15) is 0 Å². The van der Waals surface area contributed by atoms with E-state index in [2.05, 4.69) is 52.9 Å². The lowest BCUT2D eigenvalue weighted by atomic mass is 9.99. The van der Waals surface area contributed by atoms with E-state index < -0.39 is 0 Å². The lowest BCUT2D eigenvalue weighted by molar-refractivity contribution is 0.132. The van der Waals surface area contributed by atoms with Crippen LogP contribution in [0, 0.1) is 13.8 Å². The van der Waals surface area contributed by atoms with E-state index in [1.54, 1.807) is 6.21 Å². The molecule has 1 fully saturated rings. The molecule has 0 aromatic heterocycles. The van der Waals surface area contributed by atoms with Crippen molar-refractivity contribution in [2.24, 2.45) is 21.7 Å². The van der Waals surface area contributed by atoms with Crippen LogP contribution >= 0.6 is 0 Å². The van der Waals surface area contributed by atoms with E-state index in [1.807, 2.05) is 0 Å². The Balaban J connectivity index is 2.11. The Bertz CT molecular complexity index is 581. The van der Waals surface area contributed by atoms with Crippen molar-refractivity contribution in [1.29, 1.82) is 0 Å². The molecule has 1 saturated heterocycles. The Morgan fingerprint density at radius 1 is 1.13 bits per heavy atom. The molecule has 2 rings (SSSR count). The Kier molecular flexibility index (Phi) is 6.12. The predicted molar refractivity (Wildman–Crippen MR) is 96.7 cm³/mol. The van der Waals surface area contributed by atoms with Crippen LogP contribution in [-0.4, -0.2) is 54.7 Å². The van der Waals surface area contributed by atoms with Gasteiger partial charge in [-0.3, -0.25) is 4.90 Å². The van der Waals surface area contributed by atoms with Gasteiger partial charge in [-0.25, -0.2) is 0 Å². The van der Waals surface area contributed by atoms with E-state index in [0.29, 0.717) is 0 Å². The van der Waals surface area contributed by atoms with Crippen LogP contribution in [0.15, 0.2) is 22.3 Å². The van der Waals surface area contributed by atoms with Gasteiger partial charge in [-0.15, -0.1) is 5.10 Å². The van der Waals surface area contributed by atoms with Crippen LogP contribution in [0.25, 0.3) is 0 Å². The summed E-state index contributed by atoms with van der Waals surface area (Å²) in [5.74, 6) is -0.0272. The Labute approximate surface area is 138 Å². The molecule has 1 aliphatic heterocycles. The number of guanidine groups is 1. The van der Waals surface area contributed by atoms with Crippen molar-refractivity contribution in [2.75, 3.05) is 32.7 Å². The predicted octanol–water partition coefficient (Wildman–Crippen LogP) is 1.05. The highest BCUT2D eigenvalue weighted by Crippen LogP contribution is 2.18. The molecule has 23 heavy (non-hydrogen) atoms. The van der Waals surface area contributed by atoms with E-state index in [-0.39, 0.29) is 5.96 Å². The topological polar surface area (TPSA) is 83.2 Å². The average molecular weight is 316 g/mol. The second-order valence-electron chi connectivity index (χ2n) is 6.12. The molecule has 0 atom stereocenters. The first-order valence-corrected chi connectivity index (χ1v) is 8.16. The minimum Gasteiger partial charge on any atom is -0.369 e. The summed E-state index contributed by atoms with van der Waals surface area (Å²) in [4.78, 5) is 5.01. The maximum Gasteiger partial charge on any atom is 0.211 e. The summed E-state index contributed by atoms with van der Waals surface area (Å²) >= 11 is 0. The van der Waals surface area contributed by atoms with Gasteiger partial charge in [0.25, 0.3) is 0 Å². The van der Waals surface area contributed by atoms with Gasteiger partial charge in [-0.2, -0.15) is 5.10 Å². The maximum atomic E-state index is 5.30. The number of aryl methyl sites for hydroxylation is 1. The molecule has 4 N–H and O–H groups in total. The highest BCUT2D eigenvalue weighted by atomic mass is 15.3. The molecule has 0 saturated carbocycles. The minimum absolute atomic E-state index is 0.0272. The fourth-order valence-corrected chi connectivity index (χ4v) is 2.92. The standard InChI is InChI=1S/C17H28N6/c1-4-22-5-7-23(8-6-22)12-16-10-13(2)9-15(14(16)3)11-20-21-17(18)19/h9-11H,4-8,12H2,1-3H3,(H4,18,19,21). The zero-order valence-corrected chi connectivity index (χ0v) is 14.4. The molecule has 0 bridgehead atoms. The fourth-order valence-electron chi connectivity index (χ4n) is 2.92. The molecule has 6 heteroatoms. The summed E-state index contributed by atoms with van der Waals surface area (Å²) in [5, 5.41) is 7.62. The van der Waals surface area contributed by atoms with E-state index in [1.165, 1.54) is 16.7 Å². The second kappa shape index (κ2) is 8.08. The molecule has 6 nitrogen and oxygen atoms in total. The summed E-state index contributed by atoms with van der Waals surface area (Å²) < 4.78 is 0. The molecule has 1 aliphatic rings. The number of likely N-dealkylation sites (N-methyl/N-ethyl adjacent to an activating group) is 1. The smallest absolute Gasteiger partial charge is 0.211 e. The van der Waals surface area contributed by atoms with Gasteiger partial charge in [-0.05, 0) is 37.1 Å². The molecule has 0 unspecified atom stereocenters. The fraction of sp³-hybridized carbons (Fsp3) is 0.529. The molecule has 1 aromatic rings. The van der Waals surface area contributed by atoms with Gasteiger partial charge in [0.2, 0.25) is 5.96 Å². The summed E-state index contributed by atoms with van der Waals surface area (Å²) in [7, 11) is 0. The number of hydrogen-bond donors (Lipinski definition) is 2. The summed E-state index contributed by atoms with van der Waals surface area (Å²) in [6.07, 6.45) is 1.72. The molecule has 1 heterocycles. The minimum atomic E-state index is -0.0272. The summed E-state index contributed by atoms with van der Waals surface area (Å²) in [5.41, 5.74) is 15.5. The van der Waals surface area contributed by atoms with Crippen molar-refractivity contribution in [3.8, 4) is 0 Å². The normalized spacial score (nSPS) is 16.8. The monoisotopic (exact) mass is 316 g/mol. The quantitative estimate of drug-likeness (QED) is 0.483. The first-order valence-electron chi connectivity index (χ1n) is 8.16. The van der Waals surface area contributed by atoms with E-state index >= 15 is 0 Å². The maximum absolute atomic E-state index is 5.30. The highest BCUT2D eigenvalue weighted by Gasteiger charge is 2.16. The molecular weight excluding hydrogens is 288 g/mol. The van der Waals surface area contributed by atoms with Gasteiger partial charge in [-0.1, -0.05) is 24.6 Å². The van der Waals surface area contributed by atoms with Crippen molar-refractivity contribution in [3.63, 3.8) is 0 Å². The third-order valence-electron chi connectivity index (χ3n) is 4.38. The van der Waals surface area contributed by atoms with E-state index in [0.717, 1.165) is 44.8 Å². The van der Waals surface area contributed by atoms with Crippen molar-refractivity contribution in [3.05, 3.63) is 34.4 Å². The largest absolute Gasteiger partial charge is 0.369 e. The van der Waals surface area contributed by atoms with E-state index in [9.17, 15) is 0 Å². The molecule has 0 radical (unpaired) electrons. The molecule has 0 amide bonds. The van der Waals surface area contributed by atoms with E-state index in [4.69, 9.17) is 11.5 Å². The van der Waals surface area contributed by atoms with Gasteiger partial charge in [0, 0.05) is 32.7 Å². The van der Waals surface area contributed by atoms with Crippen molar-refractivity contribution in [1.82, 2.24) is 9.80 Å². The Hall–Kier alpha value is -1.92. The zero-order chi connectivity index (χ0) is 16.8. The number of benzene rings is 1. The van der Waals surface area contributed by atoms with Crippen LogP contribution in [0.5, 0.6) is 0 Å². The van der Waals surface area contributed by atoms with Crippen LogP contribution < -0.4 is 11.5 Å². The highest BCUT2D eigenvalue weighted by molar-refractivity contribution is 5.83. The molecule has 0 aliphatic carbocycles. The van der Waals surface area contributed by atoms with Gasteiger partial charge in [0.05, 0.1) is 6.21 Å². The number of rotatable bonds is 5. The average Bonchev–Trinajstić information content (AvgIpc) is 2.52. The summed E-state index contributed by atoms with van der Waals surface area (Å²) in [6, 6.07) is 4.37. The number of piperazine rings is 1. The lowest BCUT2D eigenvalue weighted by Crippen LogP contribution is -2.45. The third-order valence-corrected chi connectivity index (χ3v) is 4.38. The lowest BCUT2D eigenvalue weighted by Gasteiger charge is -2.34. The van der Waals surface area contributed by atoms with Crippen LogP contribution in [0.3, 0.4) is 0 Å². The SMILES string of the molecule is CCN1CCN(Cc2cc(C)cc(C=NN=C(N)N)c2C)CC1. The number of hydrogen-bond acceptors (Lipinski definition) is 4. The van der Waals surface area contributed by atoms with Gasteiger partial charge in [0.15, 0.2) is 0 Å². The van der Waals surface area contributed by atoms with Gasteiger partial charge >= 0.3 is 0 Å². The van der Waals surface area contributed by atoms with Crippen LogP contribution in [0.2, 0.25) is 0 Å². The van der Waals surface area contributed by atoms with Crippen LogP contribution in [-0.2, 0) is 6.54 Å². The second-order valence-corrected chi connectivity index (χ2v) is 6.12. The Morgan fingerprint density at radius 3 is 2.39 bits per heavy atom. The van der Waals surface area contributed by atoms with Gasteiger partial charge < -0.3 is 16.4 Å². The number of nitrogens with two attached hydrogens (primary N) is 2. The van der Waals surface area contributed by atoms with Crippen molar-refractivity contribution < 1.29 is 0 Å². The Morgan fingerprint density at radius 2 is 1.78 bits per heavy atom. The number of nitrogens with zero attached hydrogens (tertiary/aromatic N) is 4. The first-order chi connectivity index (χ1) is 11.0. The van der Waals surface area contributed by atoms with Crippen molar-refractivity contribution in [2.45, 2.75) is 27.3 Å². The van der Waals surface area contributed by atoms with Crippen LogP contribution in [0.4, 0.5) is 0 Å². The first kappa shape index (κ1) is 17.4. The molecule has 1 aromatic carbocycles. The third kappa shape index (κ3) is 5.04. The molecule has 126 valence electrons. The van der Waals surface area contributed by atoms with Crippen molar-refractivity contribution >= 4 is 12.2 Å². The van der Waals surface area contributed by atoms with Crippen LogP contribution in [0.1, 0.15) is 29.2 Å². The molecule has 0 spiro atoms. The zero-order valence-electron chi connectivity index (χ0n) is 14.4.